The Labute approximate surface area is 125 Å². The Bertz CT molecular complexity index is 601. The van der Waals surface area contributed by atoms with Crippen LogP contribution in [0.1, 0.15) is 19.2 Å². The number of carbonyl (C=O) groups is 1. The molecule has 0 N–H and O–H groups in total. The zero-order valence-electron chi connectivity index (χ0n) is 11.7. The van der Waals surface area contributed by atoms with Crippen molar-refractivity contribution in [2.75, 3.05) is 7.11 Å². The van der Waals surface area contributed by atoms with Gasteiger partial charge in [0.25, 0.3) is 5.89 Å². The van der Waals surface area contributed by atoms with Crippen molar-refractivity contribution in [2.24, 2.45) is 0 Å². The largest absolute Gasteiger partial charge is 0.469 e. The predicted molar refractivity (Wildman–Crippen MR) is 77.1 cm³/mol. The second-order valence-corrected chi connectivity index (χ2v) is 5.85. The van der Waals surface area contributed by atoms with Crippen molar-refractivity contribution in [1.29, 1.82) is 0 Å². The SMILES string of the molecule is COC(=O)CC(C)SCc1noc(-c2ccc(F)cc2)n1. The minimum absolute atomic E-state index is 0.102. The molecule has 1 aromatic carbocycles. The quantitative estimate of drug-likeness (QED) is 0.764. The van der Waals surface area contributed by atoms with Crippen molar-refractivity contribution in [1.82, 2.24) is 10.1 Å². The fraction of sp³-hybridized carbons (Fsp3) is 0.357. The molecule has 0 aliphatic carbocycles. The first kappa shape index (κ1) is 15.5. The number of hydrogen-bond acceptors (Lipinski definition) is 6. The van der Waals surface area contributed by atoms with Gasteiger partial charge in [0.05, 0.1) is 19.3 Å². The number of methoxy groups -OCH3 is 1. The highest BCUT2D eigenvalue weighted by Gasteiger charge is 2.13. The van der Waals surface area contributed by atoms with Crippen LogP contribution in [0.5, 0.6) is 0 Å². The standard InChI is InChI=1S/C14H15FN2O3S/c1-9(7-13(18)19-2)21-8-12-16-14(20-17-12)10-3-5-11(15)6-4-10/h3-6,9H,7-8H2,1-2H3. The molecule has 1 aromatic heterocycles. The molecule has 1 unspecified atom stereocenters. The topological polar surface area (TPSA) is 65.2 Å². The molecule has 5 nitrogen and oxygen atoms in total. The average Bonchev–Trinajstić information content (AvgIpc) is 2.94. The first-order valence-corrected chi connectivity index (χ1v) is 7.40. The highest BCUT2D eigenvalue weighted by molar-refractivity contribution is 7.99. The summed E-state index contributed by atoms with van der Waals surface area (Å²) < 4.78 is 22.6. The van der Waals surface area contributed by atoms with Crippen LogP contribution in [0.2, 0.25) is 0 Å². The minimum atomic E-state index is -0.314. The number of ether oxygens (including phenoxy) is 1. The summed E-state index contributed by atoms with van der Waals surface area (Å²) >= 11 is 1.54. The third kappa shape index (κ3) is 4.56. The lowest BCUT2D eigenvalue weighted by Gasteiger charge is -2.07. The van der Waals surface area contributed by atoms with Crippen LogP contribution in [0.25, 0.3) is 11.5 Å². The average molecular weight is 310 g/mol. The molecule has 2 aromatic rings. The zero-order valence-corrected chi connectivity index (χ0v) is 12.5. The van der Waals surface area contributed by atoms with Crippen molar-refractivity contribution in [3.63, 3.8) is 0 Å². The lowest BCUT2D eigenvalue weighted by Crippen LogP contribution is -2.08. The van der Waals surface area contributed by atoms with Crippen LogP contribution in [0, 0.1) is 5.82 Å². The second-order valence-electron chi connectivity index (χ2n) is 4.42. The molecule has 1 atom stereocenters. The zero-order chi connectivity index (χ0) is 15.2. The molecular weight excluding hydrogens is 295 g/mol. The van der Waals surface area contributed by atoms with Gasteiger partial charge in [-0.2, -0.15) is 4.98 Å². The second kappa shape index (κ2) is 7.21. The molecule has 1 heterocycles. The number of hydrogen-bond donors (Lipinski definition) is 0. The van der Waals surface area contributed by atoms with E-state index in [9.17, 15) is 9.18 Å². The number of halogens is 1. The fourth-order valence-corrected chi connectivity index (χ4v) is 2.42. The number of aromatic nitrogens is 2. The van der Waals surface area contributed by atoms with Gasteiger partial charge in [-0.25, -0.2) is 4.39 Å². The molecule has 0 saturated carbocycles. The van der Waals surface area contributed by atoms with E-state index in [1.165, 1.54) is 31.0 Å². The summed E-state index contributed by atoms with van der Waals surface area (Å²) in [7, 11) is 1.37. The van der Waals surface area contributed by atoms with Gasteiger partial charge in [-0.15, -0.1) is 11.8 Å². The normalized spacial score (nSPS) is 12.1. The summed E-state index contributed by atoms with van der Waals surface area (Å²) in [5.41, 5.74) is 0.669. The summed E-state index contributed by atoms with van der Waals surface area (Å²) in [6.07, 6.45) is 0.337. The number of rotatable bonds is 6. The van der Waals surface area contributed by atoms with Crippen LogP contribution < -0.4 is 0 Å². The van der Waals surface area contributed by atoms with Crippen LogP contribution in [-0.4, -0.2) is 28.5 Å². The van der Waals surface area contributed by atoms with Gasteiger partial charge in [0.15, 0.2) is 5.82 Å². The minimum Gasteiger partial charge on any atom is -0.469 e. The summed E-state index contributed by atoms with van der Waals surface area (Å²) in [5.74, 6) is 0.867. The maximum atomic E-state index is 12.8. The van der Waals surface area contributed by atoms with Crippen molar-refractivity contribution in [2.45, 2.75) is 24.3 Å². The van der Waals surface area contributed by atoms with E-state index in [-0.39, 0.29) is 17.0 Å². The Balaban J connectivity index is 1.91. The van der Waals surface area contributed by atoms with E-state index in [0.29, 0.717) is 29.5 Å². The molecule has 0 fully saturated rings. The Kier molecular flexibility index (Phi) is 5.32. The Morgan fingerprint density at radius 1 is 1.43 bits per heavy atom. The Hall–Kier alpha value is -1.89. The van der Waals surface area contributed by atoms with Gasteiger partial charge in [-0.1, -0.05) is 12.1 Å². The lowest BCUT2D eigenvalue weighted by molar-refractivity contribution is -0.140. The first-order valence-electron chi connectivity index (χ1n) is 6.35. The Morgan fingerprint density at radius 3 is 2.81 bits per heavy atom. The van der Waals surface area contributed by atoms with Gasteiger partial charge >= 0.3 is 5.97 Å². The maximum absolute atomic E-state index is 12.8. The number of nitrogens with zero attached hydrogens (tertiary/aromatic N) is 2. The third-order valence-electron chi connectivity index (χ3n) is 2.74. The molecule has 0 amide bonds. The molecule has 0 bridgehead atoms. The molecule has 0 radical (unpaired) electrons. The summed E-state index contributed by atoms with van der Waals surface area (Å²) in [5, 5.41) is 3.97. The molecule has 0 saturated heterocycles. The molecule has 2 rings (SSSR count). The van der Waals surface area contributed by atoms with E-state index < -0.39 is 0 Å². The lowest BCUT2D eigenvalue weighted by atomic mass is 10.2. The number of benzene rings is 1. The first-order chi connectivity index (χ1) is 10.1. The van der Waals surface area contributed by atoms with Gasteiger partial charge in [0, 0.05) is 10.8 Å². The Morgan fingerprint density at radius 2 is 2.14 bits per heavy atom. The monoisotopic (exact) mass is 310 g/mol. The number of thioether (sulfide) groups is 1. The van der Waals surface area contributed by atoms with E-state index in [4.69, 9.17) is 4.52 Å². The molecule has 112 valence electrons. The molecule has 0 aliphatic rings. The molecule has 7 heteroatoms. The van der Waals surface area contributed by atoms with Crippen LogP contribution in [0.15, 0.2) is 28.8 Å². The molecule has 0 aliphatic heterocycles. The molecule has 0 spiro atoms. The van der Waals surface area contributed by atoms with Gasteiger partial charge in [0.2, 0.25) is 0 Å². The summed E-state index contributed by atoms with van der Waals surface area (Å²) in [6, 6.07) is 5.85. The van der Waals surface area contributed by atoms with Crippen LogP contribution in [0.4, 0.5) is 4.39 Å². The van der Waals surface area contributed by atoms with Crippen molar-refractivity contribution in [3.8, 4) is 11.5 Å². The fourth-order valence-electron chi connectivity index (χ4n) is 1.62. The molecule has 21 heavy (non-hydrogen) atoms. The highest BCUT2D eigenvalue weighted by atomic mass is 32.2. The summed E-state index contributed by atoms with van der Waals surface area (Å²) in [4.78, 5) is 15.4. The van der Waals surface area contributed by atoms with Crippen molar-refractivity contribution in [3.05, 3.63) is 35.9 Å². The summed E-state index contributed by atoms with van der Waals surface area (Å²) in [6.45, 7) is 1.93. The van der Waals surface area contributed by atoms with Crippen LogP contribution in [-0.2, 0) is 15.3 Å². The third-order valence-corrected chi connectivity index (χ3v) is 3.90. The number of esters is 1. The van der Waals surface area contributed by atoms with E-state index in [2.05, 4.69) is 14.9 Å². The van der Waals surface area contributed by atoms with E-state index in [0.717, 1.165) is 0 Å². The molecular formula is C14H15FN2O3S. The van der Waals surface area contributed by atoms with E-state index in [1.54, 1.807) is 12.1 Å². The number of carbonyl (C=O) groups excluding carboxylic acids is 1. The van der Waals surface area contributed by atoms with Crippen LogP contribution in [0.3, 0.4) is 0 Å². The van der Waals surface area contributed by atoms with E-state index >= 15 is 0 Å². The van der Waals surface area contributed by atoms with E-state index in [1.807, 2.05) is 6.92 Å². The van der Waals surface area contributed by atoms with Crippen molar-refractivity contribution < 1.29 is 18.4 Å². The van der Waals surface area contributed by atoms with Crippen LogP contribution >= 0.6 is 11.8 Å². The maximum Gasteiger partial charge on any atom is 0.306 e. The predicted octanol–water partition coefficient (Wildman–Crippen LogP) is 3.06. The highest BCUT2D eigenvalue weighted by Crippen LogP contribution is 2.22. The smallest absolute Gasteiger partial charge is 0.306 e. The van der Waals surface area contributed by atoms with Gasteiger partial charge in [-0.3, -0.25) is 4.79 Å². The van der Waals surface area contributed by atoms with Gasteiger partial charge in [0.1, 0.15) is 5.82 Å². The van der Waals surface area contributed by atoms with Crippen molar-refractivity contribution >= 4 is 17.7 Å². The van der Waals surface area contributed by atoms with Gasteiger partial charge in [-0.05, 0) is 24.3 Å². The van der Waals surface area contributed by atoms with Gasteiger partial charge < -0.3 is 9.26 Å².